The number of nitro groups is 1. The van der Waals surface area contributed by atoms with E-state index in [1.54, 1.807) is 0 Å². The molecule has 0 fully saturated rings. The van der Waals surface area contributed by atoms with Gasteiger partial charge >= 0.3 is 11.7 Å². The molecule has 0 aliphatic rings. The van der Waals surface area contributed by atoms with Crippen molar-refractivity contribution in [2.75, 3.05) is 31.4 Å². The maximum absolute atomic E-state index is 11.5. The maximum atomic E-state index is 11.5. The number of hydrogen-bond acceptors (Lipinski definition) is 7. The van der Waals surface area contributed by atoms with Crippen LogP contribution in [0.2, 0.25) is 0 Å². The second kappa shape index (κ2) is 7.40. The molecule has 0 unspecified atom stereocenters. The Kier molecular flexibility index (Phi) is 5.31. The lowest BCUT2D eigenvalue weighted by Crippen LogP contribution is -2.10. The fourth-order valence-corrected chi connectivity index (χ4v) is 2.09. The van der Waals surface area contributed by atoms with Gasteiger partial charge in [0, 0.05) is 38.6 Å². The van der Waals surface area contributed by atoms with Crippen molar-refractivity contribution in [3.05, 3.63) is 57.8 Å². The quantitative estimate of drug-likeness (QED) is 0.493. The molecule has 1 heterocycles. The maximum Gasteiger partial charge on any atom is 0.339 e. The molecule has 0 amide bonds. The van der Waals surface area contributed by atoms with Crippen LogP contribution >= 0.6 is 0 Å². The van der Waals surface area contributed by atoms with E-state index in [4.69, 9.17) is 0 Å². The highest BCUT2D eigenvalue weighted by atomic mass is 16.6. The number of methoxy groups -OCH3 is 1. The van der Waals surface area contributed by atoms with Crippen LogP contribution in [-0.2, 0) is 11.3 Å². The van der Waals surface area contributed by atoms with Gasteiger partial charge in [-0.25, -0.2) is 9.78 Å². The lowest BCUT2D eigenvalue weighted by molar-refractivity contribution is -0.384. The first-order valence-electron chi connectivity index (χ1n) is 7.15. The van der Waals surface area contributed by atoms with Crippen LogP contribution in [-0.4, -0.2) is 37.1 Å². The van der Waals surface area contributed by atoms with Crippen molar-refractivity contribution in [1.29, 1.82) is 0 Å². The van der Waals surface area contributed by atoms with Crippen molar-refractivity contribution < 1.29 is 14.5 Å². The second-order valence-electron chi connectivity index (χ2n) is 5.26. The van der Waals surface area contributed by atoms with E-state index in [-0.39, 0.29) is 17.1 Å². The highest BCUT2D eigenvalue weighted by molar-refractivity contribution is 5.90. The van der Waals surface area contributed by atoms with Crippen LogP contribution in [0.5, 0.6) is 0 Å². The number of hydrogen-bond donors (Lipinski definition) is 1. The van der Waals surface area contributed by atoms with E-state index < -0.39 is 10.9 Å². The van der Waals surface area contributed by atoms with Gasteiger partial charge in [-0.3, -0.25) is 10.1 Å². The van der Waals surface area contributed by atoms with Crippen LogP contribution in [0.3, 0.4) is 0 Å². The normalized spacial score (nSPS) is 10.1. The molecule has 0 spiro atoms. The summed E-state index contributed by atoms with van der Waals surface area (Å²) >= 11 is 0. The zero-order valence-electron chi connectivity index (χ0n) is 13.6. The van der Waals surface area contributed by atoms with E-state index in [1.165, 1.54) is 13.3 Å². The predicted octanol–water partition coefficient (Wildman–Crippen LogP) is 2.45. The summed E-state index contributed by atoms with van der Waals surface area (Å²) in [7, 11) is 5.08. The predicted molar refractivity (Wildman–Crippen MR) is 90.3 cm³/mol. The van der Waals surface area contributed by atoms with Crippen molar-refractivity contribution in [2.24, 2.45) is 0 Å². The fourth-order valence-electron chi connectivity index (χ4n) is 2.09. The number of nitrogens with zero attached hydrogens (tertiary/aromatic N) is 3. The van der Waals surface area contributed by atoms with Crippen LogP contribution in [0.4, 0.5) is 17.2 Å². The largest absolute Gasteiger partial charge is 0.465 e. The third-order valence-corrected chi connectivity index (χ3v) is 3.37. The lowest BCUT2D eigenvalue weighted by atomic mass is 10.2. The van der Waals surface area contributed by atoms with Crippen LogP contribution < -0.4 is 10.2 Å². The number of carbonyl (C=O) groups is 1. The summed E-state index contributed by atoms with van der Waals surface area (Å²) in [5.74, 6) is -0.571. The Morgan fingerprint density at radius 3 is 2.75 bits per heavy atom. The molecule has 0 saturated heterocycles. The molecule has 1 aromatic heterocycles. The van der Waals surface area contributed by atoms with Crippen molar-refractivity contribution >= 4 is 23.2 Å². The molecule has 0 aliphatic heterocycles. The Bertz CT molecular complexity index is 761. The van der Waals surface area contributed by atoms with Gasteiger partial charge in [0.1, 0.15) is 0 Å². The Labute approximate surface area is 139 Å². The van der Waals surface area contributed by atoms with Crippen LogP contribution in [0.25, 0.3) is 0 Å². The van der Waals surface area contributed by atoms with Gasteiger partial charge in [0.2, 0.25) is 5.82 Å². The van der Waals surface area contributed by atoms with E-state index in [2.05, 4.69) is 15.0 Å². The van der Waals surface area contributed by atoms with Gasteiger partial charge in [-0.1, -0.05) is 12.1 Å². The van der Waals surface area contributed by atoms with Crippen LogP contribution in [0, 0.1) is 10.1 Å². The third-order valence-electron chi connectivity index (χ3n) is 3.37. The van der Waals surface area contributed by atoms with E-state index >= 15 is 0 Å². The summed E-state index contributed by atoms with van der Waals surface area (Å²) in [6.45, 7) is 0.368. The zero-order valence-corrected chi connectivity index (χ0v) is 13.6. The molecule has 2 aromatic rings. The molecule has 126 valence electrons. The number of carbonyl (C=O) groups excluding carboxylic acids is 1. The molecule has 0 aliphatic carbocycles. The number of anilines is 2. The number of nitrogens with one attached hydrogen (secondary N) is 1. The average Bonchev–Trinajstić information content (AvgIpc) is 2.59. The van der Waals surface area contributed by atoms with E-state index in [0.717, 1.165) is 17.3 Å². The van der Waals surface area contributed by atoms with Crippen molar-refractivity contribution in [3.8, 4) is 0 Å². The summed E-state index contributed by atoms with van der Waals surface area (Å²) in [5.41, 5.74) is 1.73. The molecule has 8 heteroatoms. The van der Waals surface area contributed by atoms with Crippen molar-refractivity contribution in [2.45, 2.75) is 6.54 Å². The summed E-state index contributed by atoms with van der Waals surface area (Å²) < 4.78 is 4.55. The first-order chi connectivity index (χ1) is 11.4. The van der Waals surface area contributed by atoms with Crippen LogP contribution in [0.15, 0.2) is 36.5 Å². The SMILES string of the molecule is COC(=O)c1cnc(NCc2cccc(N(C)C)c2)c([N+](=O)[O-])c1. The molecule has 8 nitrogen and oxygen atoms in total. The monoisotopic (exact) mass is 330 g/mol. The first-order valence-corrected chi connectivity index (χ1v) is 7.15. The smallest absolute Gasteiger partial charge is 0.339 e. The summed E-state index contributed by atoms with van der Waals surface area (Å²) in [6.07, 6.45) is 1.25. The van der Waals surface area contributed by atoms with Gasteiger partial charge in [-0.05, 0) is 17.7 Å². The number of ether oxygens (including phenoxy) is 1. The molecule has 1 aromatic carbocycles. The number of benzene rings is 1. The molecule has 0 radical (unpaired) electrons. The first kappa shape index (κ1) is 17.2. The van der Waals surface area contributed by atoms with Gasteiger partial charge in [-0.15, -0.1) is 0 Å². The number of esters is 1. The second-order valence-corrected chi connectivity index (χ2v) is 5.26. The minimum absolute atomic E-state index is 0.0318. The molecule has 0 saturated carbocycles. The minimum Gasteiger partial charge on any atom is -0.465 e. The molecule has 0 bridgehead atoms. The fraction of sp³-hybridized carbons (Fsp3) is 0.250. The van der Waals surface area contributed by atoms with Crippen molar-refractivity contribution in [3.63, 3.8) is 0 Å². The van der Waals surface area contributed by atoms with E-state index in [9.17, 15) is 14.9 Å². The van der Waals surface area contributed by atoms with Crippen LogP contribution in [0.1, 0.15) is 15.9 Å². The summed E-state index contributed by atoms with van der Waals surface area (Å²) in [4.78, 5) is 28.0. The molecule has 0 atom stereocenters. The van der Waals surface area contributed by atoms with E-state index in [0.29, 0.717) is 6.54 Å². The highest BCUT2D eigenvalue weighted by Gasteiger charge is 2.19. The molecular formula is C16H18N4O4. The zero-order chi connectivity index (χ0) is 17.7. The van der Waals surface area contributed by atoms with Gasteiger partial charge in [0.15, 0.2) is 0 Å². The summed E-state index contributed by atoms with van der Waals surface area (Å²) in [6, 6.07) is 8.91. The standard InChI is InChI=1S/C16H18N4O4/c1-19(2)13-6-4-5-11(7-13)9-17-15-14(20(22)23)8-12(10-18-15)16(21)24-3/h4-8,10H,9H2,1-3H3,(H,17,18). The molecule has 2 rings (SSSR count). The summed E-state index contributed by atoms with van der Waals surface area (Å²) in [5, 5.41) is 14.1. The molecular weight excluding hydrogens is 312 g/mol. The Hall–Kier alpha value is -3.16. The molecule has 24 heavy (non-hydrogen) atoms. The Morgan fingerprint density at radius 1 is 1.38 bits per heavy atom. The van der Waals surface area contributed by atoms with Crippen molar-refractivity contribution in [1.82, 2.24) is 4.98 Å². The topological polar surface area (TPSA) is 97.6 Å². The number of pyridine rings is 1. The third kappa shape index (κ3) is 3.97. The number of aromatic nitrogens is 1. The highest BCUT2D eigenvalue weighted by Crippen LogP contribution is 2.24. The Morgan fingerprint density at radius 2 is 2.12 bits per heavy atom. The Balaban J connectivity index is 2.21. The minimum atomic E-state index is -0.671. The number of rotatable bonds is 6. The lowest BCUT2D eigenvalue weighted by Gasteiger charge is -2.14. The van der Waals surface area contributed by atoms with Gasteiger partial charge < -0.3 is 15.0 Å². The molecule has 1 N–H and O–H groups in total. The van der Waals surface area contributed by atoms with Gasteiger partial charge in [0.25, 0.3) is 0 Å². The average molecular weight is 330 g/mol. The van der Waals surface area contributed by atoms with Gasteiger partial charge in [-0.2, -0.15) is 0 Å². The van der Waals surface area contributed by atoms with E-state index in [1.807, 2.05) is 43.3 Å². The van der Waals surface area contributed by atoms with Gasteiger partial charge in [0.05, 0.1) is 17.6 Å².